The summed E-state index contributed by atoms with van der Waals surface area (Å²) in [6.07, 6.45) is 1.64. The number of ether oxygens (including phenoxy) is 1. The van der Waals surface area contributed by atoms with Crippen molar-refractivity contribution in [3.05, 3.63) is 64.1 Å². The fourth-order valence-electron chi connectivity index (χ4n) is 2.67. The molecule has 0 spiro atoms. The summed E-state index contributed by atoms with van der Waals surface area (Å²) in [5.41, 5.74) is 2.68. The number of aromatic hydroxyl groups is 1. The molecule has 0 saturated carbocycles. The van der Waals surface area contributed by atoms with Crippen LogP contribution in [0.4, 0.5) is 4.79 Å². The maximum Gasteiger partial charge on any atom is 0.293 e. The highest BCUT2D eigenvalue weighted by Crippen LogP contribution is 2.35. The second kappa shape index (κ2) is 7.66. The van der Waals surface area contributed by atoms with E-state index in [2.05, 4.69) is 0 Å². The van der Waals surface area contributed by atoms with Gasteiger partial charge in [0.2, 0.25) is 0 Å². The third-order valence-electron chi connectivity index (χ3n) is 3.88. The van der Waals surface area contributed by atoms with E-state index in [1.807, 2.05) is 38.1 Å². The number of hydrogen-bond donors (Lipinski definition) is 1. The third kappa shape index (κ3) is 3.91. The topological polar surface area (TPSA) is 66.8 Å². The SMILES string of the molecule is CCOc1cc(/C=C2\SC(=O)N(Cc3cccc(C)c3)C2=O)ccc1O. The van der Waals surface area contributed by atoms with Crippen LogP contribution >= 0.6 is 11.8 Å². The smallest absolute Gasteiger partial charge is 0.293 e. The van der Waals surface area contributed by atoms with Crippen LogP contribution in [-0.4, -0.2) is 27.8 Å². The number of aryl methyl sites for hydroxylation is 1. The van der Waals surface area contributed by atoms with E-state index in [-0.39, 0.29) is 23.4 Å². The van der Waals surface area contributed by atoms with E-state index in [0.29, 0.717) is 22.8 Å². The molecule has 1 aliphatic rings. The number of thioether (sulfide) groups is 1. The van der Waals surface area contributed by atoms with Gasteiger partial charge in [0.15, 0.2) is 11.5 Å². The molecular weight excluding hydrogens is 350 g/mol. The van der Waals surface area contributed by atoms with Crippen molar-refractivity contribution >= 4 is 29.0 Å². The Morgan fingerprint density at radius 2 is 2.00 bits per heavy atom. The zero-order valence-corrected chi connectivity index (χ0v) is 15.4. The van der Waals surface area contributed by atoms with E-state index in [1.165, 1.54) is 11.0 Å². The van der Waals surface area contributed by atoms with Crippen LogP contribution in [0, 0.1) is 6.92 Å². The van der Waals surface area contributed by atoms with Crippen molar-refractivity contribution in [3.8, 4) is 11.5 Å². The van der Waals surface area contributed by atoms with Crippen molar-refractivity contribution in [1.82, 2.24) is 4.90 Å². The molecule has 2 aromatic carbocycles. The number of benzene rings is 2. The predicted molar refractivity (Wildman–Crippen MR) is 102 cm³/mol. The first-order valence-corrected chi connectivity index (χ1v) is 9.06. The van der Waals surface area contributed by atoms with E-state index in [9.17, 15) is 14.7 Å². The molecule has 1 N–H and O–H groups in total. The predicted octanol–water partition coefficient (Wildman–Crippen LogP) is 4.34. The Morgan fingerprint density at radius 3 is 2.73 bits per heavy atom. The van der Waals surface area contributed by atoms with E-state index >= 15 is 0 Å². The molecule has 1 fully saturated rings. The van der Waals surface area contributed by atoms with Gasteiger partial charge in [0.05, 0.1) is 18.1 Å². The van der Waals surface area contributed by atoms with Crippen molar-refractivity contribution in [2.45, 2.75) is 20.4 Å². The Labute approximate surface area is 156 Å². The Bertz CT molecular complexity index is 891. The molecule has 2 aromatic rings. The van der Waals surface area contributed by atoms with Gasteiger partial charge in [0.25, 0.3) is 11.1 Å². The Balaban J connectivity index is 1.82. The summed E-state index contributed by atoms with van der Waals surface area (Å²) in [5, 5.41) is 9.48. The summed E-state index contributed by atoms with van der Waals surface area (Å²) in [6, 6.07) is 12.6. The maximum absolute atomic E-state index is 12.6. The Morgan fingerprint density at radius 1 is 1.19 bits per heavy atom. The average Bonchev–Trinajstić information content (AvgIpc) is 2.86. The highest BCUT2D eigenvalue weighted by atomic mass is 32.2. The molecule has 0 radical (unpaired) electrons. The summed E-state index contributed by atoms with van der Waals surface area (Å²) in [5.74, 6) is 0.0735. The zero-order valence-electron chi connectivity index (χ0n) is 14.6. The number of rotatable bonds is 5. The first-order valence-electron chi connectivity index (χ1n) is 8.24. The standard InChI is InChI=1S/C20H19NO4S/c1-3-25-17-10-14(7-8-16(17)22)11-18-19(23)21(20(24)26-18)12-15-6-4-5-13(2)9-15/h4-11,22H,3,12H2,1-2H3/b18-11-. The summed E-state index contributed by atoms with van der Waals surface area (Å²) in [7, 11) is 0. The van der Waals surface area contributed by atoms with Gasteiger partial charge in [-0.05, 0) is 54.9 Å². The highest BCUT2D eigenvalue weighted by Gasteiger charge is 2.35. The molecule has 5 nitrogen and oxygen atoms in total. The molecule has 1 aliphatic heterocycles. The van der Waals surface area contributed by atoms with Gasteiger partial charge < -0.3 is 9.84 Å². The quantitative estimate of drug-likeness (QED) is 0.795. The number of carbonyl (C=O) groups is 2. The number of imide groups is 1. The molecule has 6 heteroatoms. The van der Waals surface area contributed by atoms with Crippen LogP contribution in [0.5, 0.6) is 11.5 Å². The molecule has 1 heterocycles. The van der Waals surface area contributed by atoms with Gasteiger partial charge >= 0.3 is 0 Å². The van der Waals surface area contributed by atoms with Gasteiger partial charge in [-0.25, -0.2) is 0 Å². The van der Waals surface area contributed by atoms with Crippen molar-refractivity contribution < 1.29 is 19.4 Å². The molecule has 134 valence electrons. The first kappa shape index (κ1) is 18.1. The summed E-state index contributed by atoms with van der Waals surface area (Å²) in [6.45, 7) is 4.47. The normalized spacial score (nSPS) is 15.8. The first-order chi connectivity index (χ1) is 12.5. The lowest BCUT2D eigenvalue weighted by molar-refractivity contribution is -0.123. The lowest BCUT2D eigenvalue weighted by Gasteiger charge is -2.12. The van der Waals surface area contributed by atoms with Crippen LogP contribution in [0.15, 0.2) is 47.4 Å². The second-order valence-electron chi connectivity index (χ2n) is 5.92. The zero-order chi connectivity index (χ0) is 18.7. The molecular formula is C20H19NO4S. The lowest BCUT2D eigenvalue weighted by Crippen LogP contribution is -2.27. The number of phenols is 1. The van der Waals surface area contributed by atoms with Gasteiger partial charge in [-0.2, -0.15) is 0 Å². The van der Waals surface area contributed by atoms with E-state index in [0.717, 1.165) is 22.9 Å². The minimum atomic E-state index is -0.312. The molecule has 0 bridgehead atoms. The average molecular weight is 369 g/mol. The van der Waals surface area contributed by atoms with Crippen LogP contribution in [0.3, 0.4) is 0 Å². The molecule has 0 atom stereocenters. The van der Waals surface area contributed by atoms with Crippen LogP contribution in [0.25, 0.3) is 6.08 Å². The Kier molecular flexibility index (Phi) is 5.32. The van der Waals surface area contributed by atoms with Gasteiger partial charge in [-0.3, -0.25) is 14.5 Å². The fraction of sp³-hybridized carbons (Fsp3) is 0.200. The monoisotopic (exact) mass is 369 g/mol. The van der Waals surface area contributed by atoms with Gasteiger partial charge in [-0.1, -0.05) is 35.9 Å². The van der Waals surface area contributed by atoms with Gasteiger partial charge in [0.1, 0.15) is 0 Å². The van der Waals surface area contributed by atoms with E-state index in [4.69, 9.17) is 4.74 Å². The second-order valence-corrected chi connectivity index (χ2v) is 6.91. The van der Waals surface area contributed by atoms with E-state index < -0.39 is 0 Å². The number of nitrogens with zero attached hydrogens (tertiary/aromatic N) is 1. The number of phenolic OH excluding ortho intramolecular Hbond substituents is 1. The van der Waals surface area contributed by atoms with Gasteiger partial charge in [0, 0.05) is 0 Å². The molecule has 2 amide bonds. The summed E-state index contributed by atoms with van der Waals surface area (Å²) in [4.78, 5) is 26.5. The van der Waals surface area contributed by atoms with Crippen molar-refractivity contribution in [2.24, 2.45) is 0 Å². The van der Waals surface area contributed by atoms with Crippen LogP contribution < -0.4 is 4.74 Å². The summed E-state index contributed by atoms with van der Waals surface area (Å²) < 4.78 is 5.35. The number of carbonyl (C=O) groups excluding carboxylic acids is 2. The molecule has 0 aliphatic carbocycles. The van der Waals surface area contributed by atoms with Crippen LogP contribution in [-0.2, 0) is 11.3 Å². The van der Waals surface area contributed by atoms with Crippen molar-refractivity contribution in [2.75, 3.05) is 6.61 Å². The fourth-order valence-corrected chi connectivity index (χ4v) is 3.51. The van der Waals surface area contributed by atoms with Crippen LogP contribution in [0.2, 0.25) is 0 Å². The van der Waals surface area contributed by atoms with Crippen molar-refractivity contribution in [1.29, 1.82) is 0 Å². The minimum absolute atomic E-state index is 0.0385. The van der Waals surface area contributed by atoms with Crippen LogP contribution in [0.1, 0.15) is 23.6 Å². The summed E-state index contributed by atoms with van der Waals surface area (Å²) >= 11 is 0.919. The third-order valence-corrected chi connectivity index (χ3v) is 4.79. The van der Waals surface area contributed by atoms with Gasteiger partial charge in [-0.15, -0.1) is 0 Å². The number of amides is 2. The number of hydrogen-bond acceptors (Lipinski definition) is 5. The lowest BCUT2D eigenvalue weighted by atomic mass is 10.1. The molecule has 0 unspecified atom stereocenters. The molecule has 3 rings (SSSR count). The largest absolute Gasteiger partial charge is 0.504 e. The molecule has 26 heavy (non-hydrogen) atoms. The van der Waals surface area contributed by atoms with E-state index in [1.54, 1.807) is 18.2 Å². The Hall–Kier alpha value is -2.73. The molecule has 1 saturated heterocycles. The maximum atomic E-state index is 12.6. The minimum Gasteiger partial charge on any atom is -0.504 e. The van der Waals surface area contributed by atoms with Crippen molar-refractivity contribution in [3.63, 3.8) is 0 Å². The highest BCUT2D eigenvalue weighted by molar-refractivity contribution is 8.18. The molecule has 0 aromatic heterocycles.